The summed E-state index contributed by atoms with van der Waals surface area (Å²) in [5.41, 5.74) is 3.24. The topological polar surface area (TPSA) is 125 Å². The van der Waals surface area contributed by atoms with Crippen LogP contribution in [-0.2, 0) is 19.3 Å². The number of primary amides is 1. The highest BCUT2D eigenvalue weighted by Crippen LogP contribution is 2.46. The Labute approximate surface area is 122 Å². The highest BCUT2D eigenvalue weighted by Gasteiger charge is 2.64. The van der Waals surface area contributed by atoms with Crippen molar-refractivity contribution >= 4 is 11.9 Å². The number of carbonyl (C=O) groups excluding carboxylic acids is 2. The van der Waals surface area contributed by atoms with E-state index in [1.54, 1.807) is 34.6 Å². The van der Waals surface area contributed by atoms with Crippen molar-refractivity contribution in [2.75, 3.05) is 0 Å². The molecule has 0 aliphatic carbocycles. The molecule has 2 N–H and O–H groups in total. The summed E-state index contributed by atoms with van der Waals surface area (Å²) >= 11 is 0. The first kappa shape index (κ1) is 17.2. The Hall–Kier alpha value is -1.90. The minimum absolute atomic E-state index is 0.130. The van der Waals surface area contributed by atoms with Crippen molar-refractivity contribution < 1.29 is 24.4 Å². The van der Waals surface area contributed by atoms with E-state index >= 15 is 0 Å². The predicted octanol–water partition coefficient (Wildman–Crippen LogP) is 0.406. The maximum absolute atomic E-state index is 11.8. The minimum atomic E-state index is -1.15. The summed E-state index contributed by atoms with van der Waals surface area (Å²) in [5.74, 6) is -2.28. The number of rotatable bonds is 5. The number of carbonyl (C=O) groups is 2. The zero-order chi connectivity index (χ0) is 16.6. The Morgan fingerprint density at radius 1 is 1.29 bits per heavy atom. The van der Waals surface area contributed by atoms with E-state index < -0.39 is 40.1 Å². The van der Waals surface area contributed by atoms with Crippen LogP contribution in [0, 0.1) is 16.0 Å². The Balaban J connectivity index is 3.29. The van der Waals surface area contributed by atoms with Gasteiger partial charge in [-0.15, -0.1) is 15.2 Å². The van der Waals surface area contributed by atoms with Gasteiger partial charge in [-0.25, -0.2) is 0 Å². The van der Waals surface area contributed by atoms with E-state index in [0.29, 0.717) is 0 Å². The van der Waals surface area contributed by atoms with Gasteiger partial charge in [0.1, 0.15) is 6.10 Å². The van der Waals surface area contributed by atoms with E-state index in [-0.39, 0.29) is 6.42 Å². The van der Waals surface area contributed by atoms with Gasteiger partial charge in [0.05, 0.1) is 17.0 Å². The van der Waals surface area contributed by atoms with Crippen LogP contribution >= 0.6 is 0 Å². The molecule has 120 valence electrons. The number of hydrogen-bond donors (Lipinski definition) is 1. The number of amides is 1. The molecule has 1 aliphatic rings. The molecule has 0 spiro atoms. The molecule has 0 aromatic heterocycles. The summed E-state index contributed by atoms with van der Waals surface area (Å²) in [7, 11) is 0. The van der Waals surface area contributed by atoms with Gasteiger partial charge in [-0.05, 0) is 27.7 Å². The van der Waals surface area contributed by atoms with Gasteiger partial charge in [-0.2, -0.15) is 0 Å². The molecule has 2 atom stereocenters. The van der Waals surface area contributed by atoms with Gasteiger partial charge in [-0.1, -0.05) is 6.92 Å². The van der Waals surface area contributed by atoms with Crippen LogP contribution in [0.15, 0.2) is 0 Å². The highest BCUT2D eigenvalue weighted by atomic mass is 17.0. The third-order valence-corrected chi connectivity index (χ3v) is 3.79. The van der Waals surface area contributed by atoms with Crippen molar-refractivity contribution in [2.24, 2.45) is 11.7 Å². The molecule has 0 bridgehead atoms. The maximum atomic E-state index is 11.8. The van der Waals surface area contributed by atoms with Gasteiger partial charge in [-0.3, -0.25) is 9.59 Å². The molecular weight excluding hydrogens is 282 g/mol. The van der Waals surface area contributed by atoms with Gasteiger partial charge in [0.25, 0.3) is 5.09 Å². The lowest BCUT2D eigenvalue weighted by molar-refractivity contribution is -0.771. The molecule has 9 heteroatoms. The summed E-state index contributed by atoms with van der Waals surface area (Å²) < 4.78 is 0. The molecular formula is C12H21N3O6. The van der Waals surface area contributed by atoms with Crippen LogP contribution < -0.4 is 5.73 Å². The fourth-order valence-electron chi connectivity index (χ4n) is 2.94. The summed E-state index contributed by atoms with van der Waals surface area (Å²) in [5, 5.41) is 11.0. The average molecular weight is 303 g/mol. The predicted molar refractivity (Wildman–Crippen MR) is 70.9 cm³/mol. The summed E-state index contributed by atoms with van der Waals surface area (Å²) in [6.07, 6.45) is -1.02. The zero-order valence-electron chi connectivity index (χ0n) is 12.8. The largest absolute Gasteiger partial charge is 0.369 e. The number of hydrogen-bond acceptors (Lipinski definition) is 7. The third kappa shape index (κ3) is 2.92. The average Bonchev–Trinajstić information content (AvgIpc) is 2.45. The molecule has 2 unspecified atom stereocenters. The number of hydroxylamine groups is 2. The first-order chi connectivity index (χ1) is 9.46. The van der Waals surface area contributed by atoms with Gasteiger partial charge >= 0.3 is 5.97 Å². The lowest BCUT2D eigenvalue weighted by Gasteiger charge is -2.38. The Bertz CT molecular complexity index is 462. The molecule has 0 radical (unpaired) electrons. The molecule has 1 amide bonds. The van der Waals surface area contributed by atoms with Gasteiger partial charge in [0.2, 0.25) is 5.91 Å². The van der Waals surface area contributed by atoms with E-state index in [0.717, 1.165) is 0 Å². The first-order valence-electron chi connectivity index (χ1n) is 6.57. The highest BCUT2D eigenvalue weighted by molar-refractivity contribution is 5.80. The monoisotopic (exact) mass is 303 g/mol. The van der Waals surface area contributed by atoms with Crippen LogP contribution in [0.25, 0.3) is 0 Å². The van der Waals surface area contributed by atoms with Gasteiger partial charge in [0, 0.05) is 6.42 Å². The second-order valence-electron chi connectivity index (χ2n) is 6.05. The first-order valence-corrected chi connectivity index (χ1v) is 6.57. The Morgan fingerprint density at radius 2 is 1.81 bits per heavy atom. The third-order valence-electron chi connectivity index (χ3n) is 3.79. The van der Waals surface area contributed by atoms with Crippen molar-refractivity contribution in [1.29, 1.82) is 0 Å². The molecule has 9 nitrogen and oxygen atoms in total. The van der Waals surface area contributed by atoms with Gasteiger partial charge < -0.3 is 15.4 Å². The quantitative estimate of drug-likeness (QED) is 0.575. The van der Waals surface area contributed by atoms with Crippen LogP contribution in [0.5, 0.6) is 0 Å². The molecule has 21 heavy (non-hydrogen) atoms. The second-order valence-corrected chi connectivity index (χ2v) is 6.05. The van der Waals surface area contributed by atoms with Crippen LogP contribution in [-0.4, -0.2) is 39.2 Å². The van der Waals surface area contributed by atoms with E-state index in [9.17, 15) is 19.7 Å². The summed E-state index contributed by atoms with van der Waals surface area (Å²) in [6, 6.07) is 0. The number of nitrogens with two attached hydrogens (primary N) is 1. The summed E-state index contributed by atoms with van der Waals surface area (Å²) in [6.45, 7) is 8.05. The second kappa shape index (κ2) is 5.47. The van der Waals surface area contributed by atoms with Crippen molar-refractivity contribution in [3.8, 4) is 0 Å². The van der Waals surface area contributed by atoms with Crippen LogP contribution in [0.2, 0.25) is 0 Å². The van der Waals surface area contributed by atoms with Crippen molar-refractivity contribution in [1.82, 2.24) is 5.06 Å². The Kier molecular flexibility index (Phi) is 4.47. The fourth-order valence-corrected chi connectivity index (χ4v) is 2.94. The van der Waals surface area contributed by atoms with E-state index in [4.69, 9.17) is 10.6 Å². The summed E-state index contributed by atoms with van der Waals surface area (Å²) in [4.78, 5) is 44.0. The minimum Gasteiger partial charge on any atom is -0.369 e. The molecule has 1 fully saturated rings. The number of nitrogens with zero attached hydrogens (tertiary/aromatic N) is 2. The fraction of sp³-hybridized carbons (Fsp3) is 0.833. The van der Waals surface area contributed by atoms with E-state index in [1.165, 1.54) is 5.06 Å². The molecule has 1 heterocycles. The maximum Gasteiger partial charge on any atom is 0.324 e. The molecule has 1 saturated heterocycles. The standard InChI is InChI=1S/C12H21N3O6/c1-6-7(16)20-14-11(2,3)8(10(13)17)9(12(14,4)5)21-15(18)19/h8-9H,6H2,1-5H3,(H2,13,17). The van der Waals surface area contributed by atoms with Gasteiger partial charge in [0.15, 0.2) is 0 Å². The van der Waals surface area contributed by atoms with Crippen molar-refractivity contribution in [2.45, 2.75) is 58.2 Å². The van der Waals surface area contributed by atoms with Crippen molar-refractivity contribution in [3.05, 3.63) is 10.1 Å². The van der Waals surface area contributed by atoms with E-state index in [1.807, 2.05) is 0 Å². The molecule has 0 aromatic rings. The van der Waals surface area contributed by atoms with Crippen LogP contribution in [0.1, 0.15) is 41.0 Å². The lowest BCUT2D eigenvalue weighted by Crippen LogP contribution is -2.52. The van der Waals surface area contributed by atoms with Crippen LogP contribution in [0.4, 0.5) is 0 Å². The van der Waals surface area contributed by atoms with Crippen molar-refractivity contribution in [3.63, 3.8) is 0 Å². The smallest absolute Gasteiger partial charge is 0.324 e. The van der Waals surface area contributed by atoms with E-state index in [2.05, 4.69) is 4.84 Å². The Morgan fingerprint density at radius 3 is 2.19 bits per heavy atom. The normalized spacial score (nSPS) is 27.1. The molecule has 0 aromatic carbocycles. The zero-order valence-corrected chi connectivity index (χ0v) is 12.8. The molecule has 1 rings (SSSR count). The van der Waals surface area contributed by atoms with Crippen LogP contribution in [0.3, 0.4) is 0 Å². The SMILES string of the molecule is CCC(=O)ON1C(C)(C)C(O[N+](=O)[O-])C(C(N)=O)C1(C)C. The molecule has 1 aliphatic heterocycles. The lowest BCUT2D eigenvalue weighted by atomic mass is 9.84. The molecule has 0 saturated carbocycles.